The monoisotopic (exact) mass is 450 g/mol. The molecule has 0 aromatic rings. The van der Waals surface area contributed by atoms with Gasteiger partial charge in [-0.15, -0.1) is 0 Å². The van der Waals surface area contributed by atoms with E-state index in [2.05, 4.69) is 6.92 Å². The van der Waals surface area contributed by atoms with Crippen LogP contribution in [0.2, 0.25) is 0 Å². The van der Waals surface area contributed by atoms with Crippen molar-refractivity contribution in [2.75, 3.05) is 0 Å². The van der Waals surface area contributed by atoms with Gasteiger partial charge < -0.3 is 4.79 Å². The van der Waals surface area contributed by atoms with Crippen molar-refractivity contribution < 1.29 is 9.59 Å². The van der Waals surface area contributed by atoms with Gasteiger partial charge in [0.15, 0.2) is 0 Å². The van der Waals surface area contributed by atoms with Crippen LogP contribution in [0.15, 0.2) is 0 Å². The number of ketones is 2. The molecule has 0 heterocycles. The highest BCUT2D eigenvalue weighted by Crippen LogP contribution is 2.15. The van der Waals surface area contributed by atoms with E-state index in [4.69, 9.17) is 0 Å². The van der Waals surface area contributed by atoms with E-state index in [1.165, 1.54) is 128 Å². The van der Waals surface area contributed by atoms with Crippen molar-refractivity contribution in [1.29, 1.82) is 0 Å². The van der Waals surface area contributed by atoms with Gasteiger partial charge in [0.25, 0.3) is 0 Å². The molecule has 190 valence electrons. The minimum Gasteiger partial charge on any atom is -0.300 e. The number of carbonyl (C=O) groups is 2. The first-order valence-electron chi connectivity index (χ1n) is 14.7. The van der Waals surface area contributed by atoms with Gasteiger partial charge in [-0.05, 0) is 26.2 Å². The highest BCUT2D eigenvalue weighted by atomic mass is 16.1. The molecule has 2 heteroatoms. The van der Waals surface area contributed by atoms with E-state index in [0.29, 0.717) is 11.6 Å². The molecular formula is C30H58O2. The first-order chi connectivity index (χ1) is 15.7. The lowest BCUT2D eigenvalue weighted by Crippen LogP contribution is -1.97. The third-order valence-electron chi connectivity index (χ3n) is 6.79. The fraction of sp³-hybridized carbons (Fsp3) is 0.933. The van der Waals surface area contributed by atoms with Crippen LogP contribution in [0.5, 0.6) is 0 Å². The maximum atomic E-state index is 12.0. The zero-order valence-corrected chi connectivity index (χ0v) is 22.2. The summed E-state index contributed by atoms with van der Waals surface area (Å²) in [5.74, 6) is 0.836. The molecule has 0 amide bonds. The Morgan fingerprint density at radius 3 is 0.906 bits per heavy atom. The number of hydrogen-bond acceptors (Lipinski definition) is 2. The molecule has 0 rings (SSSR count). The van der Waals surface area contributed by atoms with Gasteiger partial charge in [0.1, 0.15) is 11.6 Å². The molecule has 0 aliphatic heterocycles. The van der Waals surface area contributed by atoms with Gasteiger partial charge >= 0.3 is 0 Å². The van der Waals surface area contributed by atoms with E-state index in [9.17, 15) is 9.59 Å². The Balaban J connectivity index is 3.15. The molecule has 0 aromatic heterocycles. The summed E-state index contributed by atoms with van der Waals surface area (Å²) >= 11 is 0. The van der Waals surface area contributed by atoms with Gasteiger partial charge in [0.2, 0.25) is 0 Å². The first-order valence-corrected chi connectivity index (χ1v) is 14.7. The maximum Gasteiger partial charge on any atom is 0.132 e. The third-order valence-corrected chi connectivity index (χ3v) is 6.79. The Morgan fingerprint density at radius 1 is 0.375 bits per heavy atom. The van der Waals surface area contributed by atoms with Gasteiger partial charge in [-0.3, -0.25) is 4.79 Å². The van der Waals surface area contributed by atoms with E-state index in [1.54, 1.807) is 6.92 Å². The summed E-state index contributed by atoms with van der Waals surface area (Å²) in [7, 11) is 0. The van der Waals surface area contributed by atoms with E-state index in [-0.39, 0.29) is 0 Å². The van der Waals surface area contributed by atoms with Crippen LogP contribution in [0, 0.1) is 0 Å². The SMILES string of the molecule is CCCCCCCCCCCCCC(=O)CCCCCCCCCCCCCCC(C)=O. The van der Waals surface area contributed by atoms with E-state index in [0.717, 1.165) is 38.5 Å². The average Bonchev–Trinajstić information content (AvgIpc) is 2.77. The highest BCUT2D eigenvalue weighted by Gasteiger charge is 2.02. The summed E-state index contributed by atoms with van der Waals surface area (Å²) in [6.07, 6.45) is 32.6. The zero-order chi connectivity index (χ0) is 23.5. The number of Topliss-reactive ketones (excluding diaryl/α,β-unsaturated/α-hetero) is 2. The maximum absolute atomic E-state index is 12.0. The molecule has 0 N–H and O–H groups in total. The zero-order valence-electron chi connectivity index (χ0n) is 22.2. The average molecular weight is 451 g/mol. The summed E-state index contributed by atoms with van der Waals surface area (Å²) in [6.45, 7) is 3.97. The number of unbranched alkanes of at least 4 members (excludes halogenated alkanes) is 21. The Labute approximate surface area is 202 Å². The van der Waals surface area contributed by atoms with Crippen molar-refractivity contribution in [2.24, 2.45) is 0 Å². The van der Waals surface area contributed by atoms with Crippen molar-refractivity contribution in [3.05, 3.63) is 0 Å². The Kier molecular flexibility index (Phi) is 26.0. The van der Waals surface area contributed by atoms with Crippen molar-refractivity contribution in [3.63, 3.8) is 0 Å². The topological polar surface area (TPSA) is 34.1 Å². The molecule has 0 saturated carbocycles. The lowest BCUT2D eigenvalue weighted by Gasteiger charge is -2.04. The summed E-state index contributed by atoms with van der Waals surface area (Å²) < 4.78 is 0. The van der Waals surface area contributed by atoms with Crippen LogP contribution in [0.1, 0.15) is 181 Å². The Hall–Kier alpha value is -0.660. The standard InChI is InChI=1S/C30H58O2/c1-3-4-5-6-7-8-11-15-18-21-24-27-30(32)28-25-22-19-16-13-10-9-12-14-17-20-23-26-29(2)31/h3-28H2,1-2H3. The second-order valence-corrected chi connectivity index (χ2v) is 10.3. The smallest absolute Gasteiger partial charge is 0.132 e. The van der Waals surface area contributed by atoms with Crippen LogP contribution in [0.3, 0.4) is 0 Å². The summed E-state index contributed by atoms with van der Waals surface area (Å²) in [5.41, 5.74) is 0. The molecule has 0 aromatic carbocycles. The lowest BCUT2D eigenvalue weighted by atomic mass is 10.0. The molecule has 0 bridgehead atoms. The molecule has 0 aliphatic carbocycles. The fourth-order valence-corrected chi connectivity index (χ4v) is 4.58. The van der Waals surface area contributed by atoms with Gasteiger partial charge in [-0.1, -0.05) is 135 Å². The number of rotatable bonds is 27. The second-order valence-electron chi connectivity index (χ2n) is 10.3. The molecule has 0 radical (unpaired) electrons. The molecule has 0 atom stereocenters. The van der Waals surface area contributed by atoms with Crippen LogP contribution >= 0.6 is 0 Å². The minimum absolute atomic E-state index is 0.332. The largest absolute Gasteiger partial charge is 0.300 e. The van der Waals surface area contributed by atoms with Crippen molar-refractivity contribution in [1.82, 2.24) is 0 Å². The van der Waals surface area contributed by atoms with Crippen LogP contribution in [0.4, 0.5) is 0 Å². The Bertz CT molecular complexity index is 402. The van der Waals surface area contributed by atoms with Gasteiger partial charge in [-0.2, -0.15) is 0 Å². The minimum atomic E-state index is 0.332. The van der Waals surface area contributed by atoms with Gasteiger partial charge in [0.05, 0.1) is 0 Å². The quantitative estimate of drug-likeness (QED) is 0.117. The number of hydrogen-bond donors (Lipinski definition) is 0. The van der Waals surface area contributed by atoms with Crippen molar-refractivity contribution in [2.45, 2.75) is 181 Å². The van der Waals surface area contributed by atoms with E-state index < -0.39 is 0 Å². The van der Waals surface area contributed by atoms with Crippen molar-refractivity contribution in [3.8, 4) is 0 Å². The molecule has 32 heavy (non-hydrogen) atoms. The molecule has 0 saturated heterocycles. The first kappa shape index (κ1) is 31.3. The number of carbonyl (C=O) groups excluding carboxylic acids is 2. The van der Waals surface area contributed by atoms with Gasteiger partial charge in [0, 0.05) is 19.3 Å². The predicted octanol–water partition coefficient (Wildman–Crippen LogP) is 10.3. The fourth-order valence-electron chi connectivity index (χ4n) is 4.58. The van der Waals surface area contributed by atoms with Crippen molar-refractivity contribution >= 4 is 11.6 Å². The molecule has 0 spiro atoms. The van der Waals surface area contributed by atoms with Crippen LogP contribution in [-0.4, -0.2) is 11.6 Å². The second kappa shape index (κ2) is 26.6. The van der Waals surface area contributed by atoms with E-state index >= 15 is 0 Å². The summed E-state index contributed by atoms with van der Waals surface area (Å²) in [4.78, 5) is 22.9. The van der Waals surface area contributed by atoms with E-state index in [1.807, 2.05) is 0 Å². The van der Waals surface area contributed by atoms with Crippen LogP contribution in [-0.2, 0) is 9.59 Å². The summed E-state index contributed by atoms with van der Waals surface area (Å²) in [5, 5.41) is 0. The van der Waals surface area contributed by atoms with Gasteiger partial charge in [-0.25, -0.2) is 0 Å². The molecule has 2 nitrogen and oxygen atoms in total. The van der Waals surface area contributed by atoms with Crippen LogP contribution < -0.4 is 0 Å². The molecule has 0 aliphatic rings. The van der Waals surface area contributed by atoms with Crippen LogP contribution in [0.25, 0.3) is 0 Å². The molecule has 0 unspecified atom stereocenters. The highest BCUT2D eigenvalue weighted by molar-refractivity contribution is 5.78. The molecule has 0 fully saturated rings. The molecular weight excluding hydrogens is 392 g/mol. The normalized spacial score (nSPS) is 11.2. The third kappa shape index (κ3) is 27.4. The summed E-state index contributed by atoms with van der Waals surface area (Å²) in [6, 6.07) is 0. The Morgan fingerprint density at radius 2 is 0.625 bits per heavy atom. The lowest BCUT2D eigenvalue weighted by molar-refractivity contribution is -0.119. The predicted molar refractivity (Wildman–Crippen MR) is 141 cm³/mol.